The van der Waals surface area contributed by atoms with Crippen LogP contribution in [0.2, 0.25) is 0 Å². The standard InChI is InChI=1S/C31H40N2O3/c1-5-7-9-17-28(35)33-26-16-11-10-15-24(26)32-25-20-31(3,4)21-27(34)29(25)30(33)22-13-12-14-23(19-22)36-18-8-6-2/h10-16,19,30,32H,5-9,17-18,20-21H2,1-4H3. The van der Waals surface area contributed by atoms with E-state index in [1.54, 1.807) is 0 Å². The third kappa shape index (κ3) is 5.66. The summed E-state index contributed by atoms with van der Waals surface area (Å²) in [6.07, 6.45) is 6.60. The first kappa shape index (κ1) is 26.0. The highest BCUT2D eigenvalue weighted by Gasteiger charge is 2.43. The lowest BCUT2D eigenvalue weighted by Crippen LogP contribution is -2.39. The van der Waals surface area contributed by atoms with E-state index < -0.39 is 6.04 Å². The van der Waals surface area contributed by atoms with E-state index in [0.29, 0.717) is 25.0 Å². The van der Waals surface area contributed by atoms with Gasteiger partial charge in [0.05, 0.1) is 24.0 Å². The van der Waals surface area contributed by atoms with Crippen LogP contribution in [-0.4, -0.2) is 18.3 Å². The second-order valence-electron chi connectivity index (χ2n) is 10.9. The molecular weight excluding hydrogens is 448 g/mol. The number of para-hydroxylation sites is 2. The van der Waals surface area contributed by atoms with Crippen LogP contribution in [0.15, 0.2) is 59.8 Å². The fraction of sp³-hybridized carbons (Fsp3) is 0.484. The third-order valence-corrected chi connectivity index (χ3v) is 7.10. The molecule has 2 aromatic rings. The molecule has 1 aliphatic carbocycles. The van der Waals surface area contributed by atoms with Gasteiger partial charge in [-0.05, 0) is 54.5 Å². The van der Waals surface area contributed by atoms with Crippen molar-refractivity contribution in [1.82, 2.24) is 0 Å². The molecule has 0 spiro atoms. The van der Waals surface area contributed by atoms with E-state index in [2.05, 4.69) is 33.0 Å². The molecule has 2 aromatic carbocycles. The van der Waals surface area contributed by atoms with Gasteiger partial charge in [-0.25, -0.2) is 0 Å². The summed E-state index contributed by atoms with van der Waals surface area (Å²) < 4.78 is 6.03. The molecule has 0 fully saturated rings. The summed E-state index contributed by atoms with van der Waals surface area (Å²) >= 11 is 0. The molecule has 1 amide bonds. The maximum absolute atomic E-state index is 13.9. The Morgan fingerprint density at radius 1 is 1.03 bits per heavy atom. The Balaban J connectivity index is 1.87. The number of allylic oxidation sites excluding steroid dienone is 1. The topological polar surface area (TPSA) is 58.6 Å². The minimum absolute atomic E-state index is 0.0476. The fourth-order valence-electron chi connectivity index (χ4n) is 5.33. The number of hydrogen-bond donors (Lipinski definition) is 1. The molecule has 0 aromatic heterocycles. The molecular formula is C31H40N2O3. The number of ketones is 1. The van der Waals surface area contributed by atoms with Gasteiger partial charge in [-0.1, -0.05) is 71.2 Å². The van der Waals surface area contributed by atoms with E-state index in [0.717, 1.165) is 66.9 Å². The van der Waals surface area contributed by atoms with Crippen LogP contribution in [0.3, 0.4) is 0 Å². The summed E-state index contributed by atoms with van der Waals surface area (Å²) in [7, 11) is 0. The van der Waals surface area contributed by atoms with Crippen LogP contribution in [0, 0.1) is 5.41 Å². The first-order valence-electron chi connectivity index (χ1n) is 13.5. The predicted molar refractivity (Wildman–Crippen MR) is 146 cm³/mol. The summed E-state index contributed by atoms with van der Waals surface area (Å²) in [5.74, 6) is 0.928. The van der Waals surface area contributed by atoms with Crippen LogP contribution >= 0.6 is 0 Å². The van der Waals surface area contributed by atoms with E-state index in [1.165, 1.54) is 0 Å². The summed E-state index contributed by atoms with van der Waals surface area (Å²) in [6.45, 7) is 9.20. The lowest BCUT2D eigenvalue weighted by atomic mass is 9.73. The molecule has 36 heavy (non-hydrogen) atoms. The summed E-state index contributed by atoms with van der Waals surface area (Å²) in [5, 5.41) is 3.59. The lowest BCUT2D eigenvalue weighted by Gasteiger charge is -2.37. The normalized spacial score (nSPS) is 18.7. The second-order valence-corrected chi connectivity index (χ2v) is 10.9. The maximum atomic E-state index is 13.9. The molecule has 0 radical (unpaired) electrons. The van der Waals surface area contributed by atoms with Crippen molar-refractivity contribution < 1.29 is 14.3 Å². The molecule has 2 aliphatic rings. The van der Waals surface area contributed by atoms with E-state index >= 15 is 0 Å². The number of nitrogens with zero attached hydrogens (tertiary/aromatic N) is 1. The number of Topliss-reactive ketones (excluding diaryl/α,β-unsaturated/α-hetero) is 1. The third-order valence-electron chi connectivity index (χ3n) is 7.10. The maximum Gasteiger partial charge on any atom is 0.227 e. The van der Waals surface area contributed by atoms with Crippen molar-refractivity contribution in [3.8, 4) is 5.75 Å². The van der Waals surface area contributed by atoms with Gasteiger partial charge in [-0.2, -0.15) is 0 Å². The zero-order chi connectivity index (χ0) is 25.7. The van der Waals surface area contributed by atoms with Crippen LogP contribution in [0.4, 0.5) is 11.4 Å². The van der Waals surface area contributed by atoms with Gasteiger partial charge < -0.3 is 10.1 Å². The highest BCUT2D eigenvalue weighted by molar-refractivity contribution is 6.06. The van der Waals surface area contributed by atoms with Gasteiger partial charge in [0.2, 0.25) is 5.91 Å². The summed E-state index contributed by atoms with van der Waals surface area (Å²) in [6, 6.07) is 15.4. The monoisotopic (exact) mass is 488 g/mol. The molecule has 4 rings (SSSR count). The number of nitrogens with one attached hydrogen (secondary N) is 1. The molecule has 192 valence electrons. The largest absolute Gasteiger partial charge is 0.494 e. The quantitative estimate of drug-likeness (QED) is 0.369. The number of ether oxygens (including phenoxy) is 1. The van der Waals surface area contributed by atoms with Gasteiger partial charge in [0.25, 0.3) is 0 Å². The number of anilines is 2. The van der Waals surface area contributed by atoms with Gasteiger partial charge in [-0.15, -0.1) is 0 Å². The van der Waals surface area contributed by atoms with Gasteiger partial charge in [-0.3, -0.25) is 14.5 Å². The van der Waals surface area contributed by atoms with Gasteiger partial charge >= 0.3 is 0 Å². The molecule has 1 N–H and O–H groups in total. The van der Waals surface area contributed by atoms with Crippen LogP contribution in [0.5, 0.6) is 5.75 Å². The second kappa shape index (κ2) is 11.3. The van der Waals surface area contributed by atoms with Gasteiger partial charge in [0.15, 0.2) is 5.78 Å². The van der Waals surface area contributed by atoms with Crippen molar-refractivity contribution in [2.45, 2.75) is 85.1 Å². The molecule has 1 atom stereocenters. The minimum Gasteiger partial charge on any atom is -0.494 e. The van der Waals surface area contributed by atoms with Crippen molar-refractivity contribution in [2.24, 2.45) is 5.41 Å². The zero-order valence-electron chi connectivity index (χ0n) is 22.2. The highest BCUT2D eigenvalue weighted by atomic mass is 16.5. The predicted octanol–water partition coefficient (Wildman–Crippen LogP) is 7.59. The molecule has 1 unspecified atom stereocenters. The summed E-state index contributed by atoms with van der Waals surface area (Å²) in [4.78, 5) is 29.6. The Morgan fingerprint density at radius 3 is 2.58 bits per heavy atom. The number of carbonyl (C=O) groups is 2. The van der Waals surface area contributed by atoms with Crippen LogP contribution in [0.25, 0.3) is 0 Å². The Kier molecular flexibility index (Phi) is 8.17. The minimum atomic E-state index is -0.497. The molecule has 1 aliphatic heterocycles. The van der Waals surface area contributed by atoms with Crippen molar-refractivity contribution in [3.63, 3.8) is 0 Å². The van der Waals surface area contributed by atoms with Crippen molar-refractivity contribution in [1.29, 1.82) is 0 Å². The first-order valence-corrected chi connectivity index (χ1v) is 13.5. The van der Waals surface area contributed by atoms with E-state index in [9.17, 15) is 9.59 Å². The number of amides is 1. The van der Waals surface area contributed by atoms with Crippen LogP contribution in [-0.2, 0) is 9.59 Å². The van der Waals surface area contributed by atoms with Gasteiger partial charge in [0.1, 0.15) is 5.75 Å². The van der Waals surface area contributed by atoms with Crippen molar-refractivity contribution in [2.75, 3.05) is 16.8 Å². The average molecular weight is 489 g/mol. The number of carbonyl (C=O) groups excluding carboxylic acids is 2. The summed E-state index contributed by atoms with van der Waals surface area (Å²) in [5.41, 5.74) is 4.09. The number of hydrogen-bond acceptors (Lipinski definition) is 4. The Hall–Kier alpha value is -3.08. The molecule has 1 heterocycles. The SMILES string of the molecule is CCCCCC(=O)N1c2ccccc2NC2=C(C(=O)CC(C)(C)C2)C1c1cccc(OCCCC)c1. The number of unbranched alkanes of at least 4 members (excludes halogenated alkanes) is 3. The lowest BCUT2D eigenvalue weighted by molar-refractivity contribution is -0.119. The number of rotatable bonds is 9. The molecule has 5 nitrogen and oxygen atoms in total. The number of fused-ring (bicyclic) bond motifs is 1. The van der Waals surface area contributed by atoms with E-state index in [-0.39, 0.29) is 17.1 Å². The van der Waals surface area contributed by atoms with Crippen molar-refractivity contribution >= 4 is 23.1 Å². The van der Waals surface area contributed by atoms with Crippen LogP contribution < -0.4 is 15.0 Å². The Labute approximate surface area is 215 Å². The average Bonchev–Trinajstić information content (AvgIpc) is 2.98. The fourth-order valence-corrected chi connectivity index (χ4v) is 5.33. The zero-order valence-corrected chi connectivity index (χ0v) is 22.2. The number of benzene rings is 2. The van der Waals surface area contributed by atoms with E-state index in [1.807, 2.05) is 53.4 Å². The molecule has 0 saturated carbocycles. The smallest absolute Gasteiger partial charge is 0.227 e. The Bertz CT molecular complexity index is 1130. The van der Waals surface area contributed by atoms with Gasteiger partial charge in [0, 0.05) is 24.1 Å². The van der Waals surface area contributed by atoms with Crippen molar-refractivity contribution in [3.05, 3.63) is 65.4 Å². The highest BCUT2D eigenvalue weighted by Crippen LogP contribution is 2.48. The van der Waals surface area contributed by atoms with E-state index in [4.69, 9.17) is 4.74 Å². The Morgan fingerprint density at radius 2 is 1.81 bits per heavy atom. The molecule has 5 heteroatoms. The molecule has 0 bridgehead atoms. The molecule has 0 saturated heterocycles. The first-order chi connectivity index (χ1) is 17.3. The van der Waals surface area contributed by atoms with Crippen LogP contribution in [0.1, 0.15) is 90.7 Å².